The Hall–Kier alpha value is -2.51. The summed E-state index contributed by atoms with van der Waals surface area (Å²) in [6.45, 7) is 3.97. The normalized spacial score (nSPS) is 11.3. The molecule has 25 heavy (non-hydrogen) atoms. The molecule has 0 aliphatic rings. The second kappa shape index (κ2) is 5.79. The van der Waals surface area contributed by atoms with Crippen LogP contribution in [0.25, 0.3) is 27.2 Å². The highest BCUT2D eigenvalue weighted by Crippen LogP contribution is 2.35. The van der Waals surface area contributed by atoms with Gasteiger partial charge < -0.3 is 4.98 Å². The number of benzene rings is 1. The van der Waals surface area contributed by atoms with Gasteiger partial charge in [0.25, 0.3) is 5.56 Å². The van der Waals surface area contributed by atoms with Crippen molar-refractivity contribution < 1.29 is 0 Å². The number of hydrogen-bond acceptors (Lipinski definition) is 4. The predicted octanol–water partition coefficient (Wildman–Crippen LogP) is 4.13. The first-order valence-corrected chi connectivity index (χ1v) is 9.04. The highest BCUT2D eigenvalue weighted by molar-refractivity contribution is 7.71. The average molecular weight is 368 g/mol. The number of nitrogens with one attached hydrogen (secondary N) is 1. The van der Waals surface area contributed by atoms with Crippen LogP contribution in [0.4, 0.5) is 0 Å². The van der Waals surface area contributed by atoms with Crippen molar-refractivity contribution in [3.8, 4) is 16.9 Å². The maximum Gasteiger partial charge on any atom is 0.269 e. The van der Waals surface area contributed by atoms with Crippen molar-refractivity contribution in [2.24, 2.45) is 7.05 Å². The van der Waals surface area contributed by atoms with E-state index in [0.717, 1.165) is 26.5 Å². The monoisotopic (exact) mass is 368 g/mol. The Morgan fingerprint density at radius 2 is 1.92 bits per heavy atom. The molecule has 3 aromatic heterocycles. The molecule has 5 nitrogen and oxygen atoms in total. The molecule has 3 heterocycles. The predicted molar refractivity (Wildman–Crippen MR) is 104 cm³/mol. The molecule has 0 bridgehead atoms. The fourth-order valence-electron chi connectivity index (χ4n) is 3.01. The van der Waals surface area contributed by atoms with Crippen LogP contribution in [0.1, 0.15) is 10.6 Å². The van der Waals surface area contributed by atoms with Gasteiger partial charge in [-0.15, -0.1) is 11.3 Å². The van der Waals surface area contributed by atoms with Gasteiger partial charge in [0.15, 0.2) is 10.6 Å². The summed E-state index contributed by atoms with van der Waals surface area (Å²) in [4.78, 5) is 18.4. The minimum atomic E-state index is -0.139. The Kier molecular flexibility index (Phi) is 3.70. The molecule has 0 fully saturated rings. The summed E-state index contributed by atoms with van der Waals surface area (Å²) in [5, 5.41) is 5.07. The summed E-state index contributed by atoms with van der Waals surface area (Å²) in [5.41, 5.74) is 2.80. The molecule has 0 spiro atoms. The highest BCUT2D eigenvalue weighted by atomic mass is 32.1. The van der Waals surface area contributed by atoms with Crippen LogP contribution in [0, 0.1) is 18.6 Å². The third-order valence-corrected chi connectivity index (χ3v) is 5.62. The minimum absolute atomic E-state index is 0.139. The molecule has 4 rings (SSSR count). The molecular weight excluding hydrogens is 352 g/mol. The molecular formula is C18H16N4OS2. The van der Waals surface area contributed by atoms with E-state index in [1.807, 2.05) is 57.3 Å². The Balaban J connectivity index is 2.11. The van der Waals surface area contributed by atoms with Gasteiger partial charge in [-0.3, -0.25) is 9.48 Å². The number of aromatic nitrogens is 4. The smallest absolute Gasteiger partial charge is 0.269 e. The first-order chi connectivity index (χ1) is 12.0. The lowest BCUT2D eigenvalue weighted by atomic mass is 10.0. The molecule has 0 saturated carbocycles. The average Bonchev–Trinajstić information content (AvgIpc) is 3.07. The lowest BCUT2D eigenvalue weighted by Gasteiger charge is -2.05. The zero-order valence-electron chi connectivity index (χ0n) is 14.0. The van der Waals surface area contributed by atoms with Gasteiger partial charge >= 0.3 is 0 Å². The highest BCUT2D eigenvalue weighted by Gasteiger charge is 2.18. The zero-order valence-corrected chi connectivity index (χ0v) is 15.7. The van der Waals surface area contributed by atoms with E-state index in [2.05, 4.69) is 10.1 Å². The number of nitrogens with zero attached hydrogens (tertiary/aromatic N) is 3. The number of hydrogen-bond donors (Lipinski definition) is 1. The molecule has 126 valence electrons. The van der Waals surface area contributed by atoms with Gasteiger partial charge in [-0.1, -0.05) is 30.3 Å². The number of fused-ring (bicyclic) bond motifs is 1. The third-order valence-electron chi connectivity index (χ3n) is 4.32. The van der Waals surface area contributed by atoms with Crippen molar-refractivity contribution >= 4 is 33.8 Å². The maximum atomic E-state index is 13.3. The molecule has 0 aliphatic heterocycles. The van der Waals surface area contributed by atoms with E-state index < -0.39 is 0 Å². The number of aryl methyl sites for hydroxylation is 3. The molecule has 0 unspecified atom stereocenters. The van der Waals surface area contributed by atoms with Gasteiger partial charge in [0, 0.05) is 29.2 Å². The van der Waals surface area contributed by atoms with E-state index in [1.54, 1.807) is 16.0 Å². The largest absolute Gasteiger partial charge is 0.323 e. The van der Waals surface area contributed by atoms with Crippen LogP contribution in [0.5, 0.6) is 0 Å². The van der Waals surface area contributed by atoms with Crippen molar-refractivity contribution in [3.63, 3.8) is 0 Å². The Labute approximate surface area is 153 Å². The Morgan fingerprint density at radius 3 is 2.56 bits per heavy atom. The van der Waals surface area contributed by atoms with Gasteiger partial charge in [-0.2, -0.15) is 5.10 Å². The summed E-state index contributed by atoms with van der Waals surface area (Å²) in [6.07, 6.45) is 0. The fourth-order valence-corrected chi connectivity index (χ4v) is 4.42. The molecule has 0 amide bonds. The first-order valence-electron chi connectivity index (χ1n) is 7.82. The van der Waals surface area contributed by atoms with Gasteiger partial charge in [0.2, 0.25) is 0 Å². The molecule has 0 aliphatic carbocycles. The summed E-state index contributed by atoms with van der Waals surface area (Å²) in [7, 11) is 1.85. The first kappa shape index (κ1) is 16.0. The summed E-state index contributed by atoms with van der Waals surface area (Å²) in [5.74, 6) is 0.538. The Morgan fingerprint density at radius 1 is 1.20 bits per heavy atom. The second-order valence-corrected chi connectivity index (χ2v) is 7.55. The van der Waals surface area contributed by atoms with E-state index in [-0.39, 0.29) is 5.56 Å². The molecule has 0 saturated heterocycles. The maximum absolute atomic E-state index is 13.3. The van der Waals surface area contributed by atoms with Crippen LogP contribution >= 0.6 is 23.6 Å². The van der Waals surface area contributed by atoms with Crippen LogP contribution in [0.3, 0.4) is 0 Å². The molecule has 0 atom stereocenters. The van der Waals surface area contributed by atoms with Gasteiger partial charge in [0.05, 0.1) is 5.39 Å². The summed E-state index contributed by atoms with van der Waals surface area (Å²) in [6, 6.07) is 11.8. The number of rotatable bonds is 2. The van der Waals surface area contributed by atoms with E-state index in [4.69, 9.17) is 12.2 Å². The summed E-state index contributed by atoms with van der Waals surface area (Å²) < 4.78 is 3.57. The number of aromatic amines is 1. The summed E-state index contributed by atoms with van der Waals surface area (Å²) >= 11 is 6.99. The van der Waals surface area contributed by atoms with Crippen molar-refractivity contribution in [1.82, 2.24) is 19.3 Å². The topological polar surface area (TPSA) is 55.6 Å². The van der Waals surface area contributed by atoms with Crippen LogP contribution in [0.2, 0.25) is 0 Å². The lowest BCUT2D eigenvalue weighted by molar-refractivity contribution is 0.722. The van der Waals surface area contributed by atoms with E-state index >= 15 is 0 Å². The lowest BCUT2D eigenvalue weighted by Crippen LogP contribution is -2.20. The SMILES string of the molecule is Cc1sc2[nH]c(=S)n(-c3cc(C)n(C)n3)c(=O)c2c1-c1ccccc1. The van der Waals surface area contributed by atoms with E-state index in [0.29, 0.717) is 16.0 Å². The molecule has 1 aromatic carbocycles. The van der Waals surface area contributed by atoms with Gasteiger partial charge in [-0.25, -0.2) is 4.57 Å². The van der Waals surface area contributed by atoms with E-state index in [1.165, 1.54) is 4.57 Å². The van der Waals surface area contributed by atoms with Crippen LogP contribution in [-0.4, -0.2) is 19.3 Å². The van der Waals surface area contributed by atoms with Crippen molar-refractivity contribution in [3.05, 3.63) is 62.1 Å². The van der Waals surface area contributed by atoms with Crippen molar-refractivity contribution in [1.29, 1.82) is 0 Å². The second-order valence-electron chi connectivity index (χ2n) is 5.94. The zero-order chi connectivity index (χ0) is 17.7. The molecule has 7 heteroatoms. The quantitative estimate of drug-likeness (QED) is 0.541. The van der Waals surface area contributed by atoms with Crippen LogP contribution in [-0.2, 0) is 7.05 Å². The van der Waals surface area contributed by atoms with Crippen LogP contribution < -0.4 is 5.56 Å². The fraction of sp³-hybridized carbons (Fsp3) is 0.167. The van der Waals surface area contributed by atoms with Gasteiger partial charge in [-0.05, 0) is 31.6 Å². The molecule has 4 aromatic rings. The third kappa shape index (κ3) is 2.47. The molecule has 1 N–H and O–H groups in total. The van der Waals surface area contributed by atoms with Crippen LogP contribution in [0.15, 0.2) is 41.2 Å². The van der Waals surface area contributed by atoms with Crippen molar-refractivity contribution in [2.75, 3.05) is 0 Å². The standard InChI is InChI=1S/C18H16N4OS2/c1-10-9-13(20-21(10)3)22-17(23)15-14(12-7-5-4-6-8-12)11(2)25-16(15)19-18(22)24/h4-9H,1-3H3,(H,19,24). The Bertz CT molecular complexity index is 1190. The minimum Gasteiger partial charge on any atom is -0.323 e. The number of H-pyrrole nitrogens is 1. The number of thiophene rings is 1. The molecule has 0 radical (unpaired) electrons. The van der Waals surface area contributed by atoms with E-state index in [9.17, 15) is 4.79 Å². The van der Waals surface area contributed by atoms with Crippen molar-refractivity contribution in [2.45, 2.75) is 13.8 Å². The van der Waals surface area contributed by atoms with Gasteiger partial charge in [0.1, 0.15) is 4.83 Å².